The summed E-state index contributed by atoms with van der Waals surface area (Å²) >= 11 is 0. The lowest BCUT2D eigenvalue weighted by Crippen LogP contribution is -2.39. The molecule has 1 aromatic carbocycles. The first kappa shape index (κ1) is 19.7. The van der Waals surface area contributed by atoms with E-state index in [1.807, 2.05) is 52.7 Å². The molecule has 2 aliphatic rings. The lowest BCUT2D eigenvalue weighted by atomic mass is 9.95. The largest absolute Gasteiger partial charge is 0.378 e. The van der Waals surface area contributed by atoms with Crippen LogP contribution in [0.2, 0.25) is 0 Å². The molecule has 1 amide bonds. The first-order chi connectivity index (χ1) is 14.0. The maximum Gasteiger partial charge on any atom is 0.345 e. The van der Waals surface area contributed by atoms with E-state index in [0.717, 1.165) is 42.8 Å². The van der Waals surface area contributed by atoms with Crippen LogP contribution in [0.3, 0.4) is 0 Å². The predicted molar refractivity (Wildman–Crippen MR) is 114 cm³/mol. The molecule has 2 aromatic rings. The van der Waals surface area contributed by atoms with Gasteiger partial charge in [0.05, 0.1) is 0 Å². The molecular weight excluding hydrogens is 366 g/mol. The Morgan fingerprint density at radius 3 is 2.45 bits per heavy atom. The molecule has 1 aliphatic carbocycles. The minimum Gasteiger partial charge on any atom is -0.378 e. The molecule has 7 nitrogen and oxygen atoms in total. The Morgan fingerprint density at radius 2 is 1.79 bits per heavy atom. The molecule has 0 N–H and O–H groups in total. The van der Waals surface area contributed by atoms with Gasteiger partial charge >= 0.3 is 5.69 Å². The molecule has 1 aromatic heterocycles. The minimum atomic E-state index is 0.00547. The van der Waals surface area contributed by atoms with Gasteiger partial charge in [-0.3, -0.25) is 9.36 Å². The van der Waals surface area contributed by atoms with Crippen molar-refractivity contribution in [3.8, 4) is 0 Å². The van der Waals surface area contributed by atoms with E-state index in [0.29, 0.717) is 19.1 Å². The Bertz CT molecular complexity index is 931. The van der Waals surface area contributed by atoms with E-state index < -0.39 is 0 Å². The molecule has 1 aliphatic heterocycles. The number of carbonyl (C=O) groups is 1. The van der Waals surface area contributed by atoms with Crippen LogP contribution in [0, 0.1) is 0 Å². The molecule has 1 saturated carbocycles. The molecule has 1 saturated heterocycles. The average Bonchev–Trinajstić information content (AvgIpc) is 3.36. The normalized spacial score (nSPS) is 18.4. The highest BCUT2D eigenvalue weighted by Crippen LogP contribution is 2.33. The number of benzene rings is 1. The second-order valence-electron chi connectivity index (χ2n) is 8.58. The van der Waals surface area contributed by atoms with Gasteiger partial charge in [-0.25, -0.2) is 9.48 Å². The van der Waals surface area contributed by atoms with Crippen LogP contribution in [0.25, 0.3) is 0 Å². The number of carbonyl (C=O) groups excluding carboxylic acids is 1. The number of aromatic nitrogens is 3. The van der Waals surface area contributed by atoms with Gasteiger partial charge in [-0.05, 0) is 43.9 Å². The maximum absolute atomic E-state index is 13.0. The summed E-state index contributed by atoms with van der Waals surface area (Å²) in [6, 6.07) is 8.07. The highest BCUT2D eigenvalue weighted by molar-refractivity contribution is 5.95. The summed E-state index contributed by atoms with van der Waals surface area (Å²) in [6.45, 7) is 1.40. The van der Waals surface area contributed by atoms with Crippen molar-refractivity contribution in [2.24, 2.45) is 7.05 Å². The summed E-state index contributed by atoms with van der Waals surface area (Å²) < 4.78 is 3.44. The van der Waals surface area contributed by atoms with Gasteiger partial charge in [-0.1, -0.05) is 18.9 Å². The van der Waals surface area contributed by atoms with E-state index in [9.17, 15) is 9.59 Å². The molecule has 0 atom stereocenters. The van der Waals surface area contributed by atoms with Crippen molar-refractivity contribution in [3.63, 3.8) is 0 Å². The maximum atomic E-state index is 13.0. The fourth-order valence-corrected chi connectivity index (χ4v) is 4.72. The van der Waals surface area contributed by atoms with E-state index in [4.69, 9.17) is 0 Å². The van der Waals surface area contributed by atoms with E-state index in [2.05, 4.69) is 5.10 Å². The predicted octanol–water partition coefficient (Wildman–Crippen LogP) is 2.78. The fraction of sp³-hybridized carbons (Fsp3) is 0.591. The summed E-state index contributed by atoms with van der Waals surface area (Å²) in [5.74, 6) is 1.24. The summed E-state index contributed by atoms with van der Waals surface area (Å²) in [5, 5.41) is 4.60. The number of anilines is 1. The zero-order valence-electron chi connectivity index (χ0n) is 17.7. The molecule has 0 unspecified atom stereocenters. The molecule has 156 valence electrons. The number of rotatable bonds is 4. The Balaban J connectivity index is 1.48. The molecule has 4 rings (SSSR count). The smallest absolute Gasteiger partial charge is 0.345 e. The number of piperidine rings is 1. The summed E-state index contributed by atoms with van der Waals surface area (Å²) in [4.78, 5) is 29.6. The van der Waals surface area contributed by atoms with Crippen LogP contribution >= 0.6 is 0 Å². The van der Waals surface area contributed by atoms with Gasteiger partial charge in [0.25, 0.3) is 5.91 Å². The van der Waals surface area contributed by atoms with Gasteiger partial charge in [0.15, 0.2) is 0 Å². The summed E-state index contributed by atoms with van der Waals surface area (Å²) in [7, 11) is 5.70. The second kappa shape index (κ2) is 8.05. The van der Waals surface area contributed by atoms with Crippen LogP contribution in [0.15, 0.2) is 29.1 Å². The van der Waals surface area contributed by atoms with E-state index in [-0.39, 0.29) is 17.5 Å². The topological polar surface area (TPSA) is 63.4 Å². The molecule has 0 spiro atoms. The van der Waals surface area contributed by atoms with Gasteiger partial charge in [0.2, 0.25) is 0 Å². The average molecular weight is 398 g/mol. The highest BCUT2D eigenvalue weighted by atomic mass is 16.2. The quantitative estimate of drug-likeness (QED) is 0.796. The third-order valence-electron chi connectivity index (χ3n) is 6.43. The Hall–Kier alpha value is -2.57. The van der Waals surface area contributed by atoms with Gasteiger partial charge in [0.1, 0.15) is 5.82 Å². The van der Waals surface area contributed by atoms with Crippen LogP contribution in [0.1, 0.15) is 66.7 Å². The van der Waals surface area contributed by atoms with Gasteiger partial charge in [-0.2, -0.15) is 5.10 Å². The van der Waals surface area contributed by atoms with Crippen molar-refractivity contribution in [3.05, 3.63) is 46.1 Å². The molecule has 7 heteroatoms. The lowest BCUT2D eigenvalue weighted by Gasteiger charge is -2.32. The van der Waals surface area contributed by atoms with E-state index >= 15 is 0 Å². The van der Waals surface area contributed by atoms with Gasteiger partial charge in [-0.15, -0.1) is 0 Å². The molecule has 0 radical (unpaired) electrons. The highest BCUT2D eigenvalue weighted by Gasteiger charge is 2.31. The monoisotopic (exact) mass is 397 g/mol. The van der Waals surface area contributed by atoms with E-state index in [1.54, 1.807) is 7.05 Å². The van der Waals surface area contributed by atoms with Gasteiger partial charge < -0.3 is 9.80 Å². The Kier molecular flexibility index (Phi) is 5.48. The lowest BCUT2D eigenvalue weighted by molar-refractivity contribution is 0.0709. The number of amides is 1. The molecular formula is C22H31N5O2. The van der Waals surface area contributed by atoms with Crippen molar-refractivity contribution < 1.29 is 4.79 Å². The van der Waals surface area contributed by atoms with Crippen molar-refractivity contribution in [1.82, 2.24) is 19.2 Å². The molecule has 0 bridgehead atoms. The Morgan fingerprint density at radius 1 is 1.10 bits per heavy atom. The first-order valence-corrected chi connectivity index (χ1v) is 10.7. The molecule has 2 heterocycles. The van der Waals surface area contributed by atoms with Crippen molar-refractivity contribution in [1.29, 1.82) is 0 Å². The van der Waals surface area contributed by atoms with Crippen LogP contribution in [0.5, 0.6) is 0 Å². The van der Waals surface area contributed by atoms with Crippen molar-refractivity contribution in [2.45, 2.75) is 50.5 Å². The zero-order valence-corrected chi connectivity index (χ0v) is 17.7. The third-order valence-corrected chi connectivity index (χ3v) is 6.43. The fourth-order valence-electron chi connectivity index (χ4n) is 4.72. The van der Waals surface area contributed by atoms with Crippen LogP contribution < -0.4 is 10.6 Å². The second-order valence-corrected chi connectivity index (χ2v) is 8.58. The van der Waals surface area contributed by atoms with Crippen LogP contribution in [0.4, 0.5) is 5.69 Å². The number of nitrogens with zero attached hydrogens (tertiary/aromatic N) is 5. The minimum absolute atomic E-state index is 0.00547. The first-order valence-electron chi connectivity index (χ1n) is 10.7. The SMILES string of the molecule is CN(C)c1cccc(C(=O)N2CCC(c3nn(C)c(=O)n3C3CCCC3)CC2)c1. The Labute approximate surface area is 171 Å². The number of hydrogen-bond donors (Lipinski definition) is 0. The summed E-state index contributed by atoms with van der Waals surface area (Å²) in [6.07, 6.45) is 6.20. The van der Waals surface area contributed by atoms with Crippen LogP contribution in [-0.4, -0.2) is 52.3 Å². The standard InChI is InChI=1S/C22H31N5O2/c1-24(2)19-10-6-7-17(15-19)21(28)26-13-11-16(12-14-26)20-23-25(3)22(29)27(20)18-8-4-5-9-18/h6-7,10,15-16,18H,4-5,8-9,11-14H2,1-3H3. The van der Waals surface area contributed by atoms with Crippen molar-refractivity contribution in [2.75, 3.05) is 32.1 Å². The number of aryl methyl sites for hydroxylation is 1. The third kappa shape index (κ3) is 3.82. The zero-order chi connectivity index (χ0) is 20.5. The molecule has 2 fully saturated rings. The van der Waals surface area contributed by atoms with Crippen molar-refractivity contribution >= 4 is 11.6 Å². The van der Waals surface area contributed by atoms with Crippen LogP contribution in [-0.2, 0) is 7.05 Å². The molecule has 29 heavy (non-hydrogen) atoms. The summed E-state index contributed by atoms with van der Waals surface area (Å²) in [5.41, 5.74) is 1.76. The van der Waals surface area contributed by atoms with Gasteiger partial charge in [0, 0.05) is 57.4 Å². The van der Waals surface area contributed by atoms with E-state index in [1.165, 1.54) is 17.5 Å². The number of hydrogen-bond acceptors (Lipinski definition) is 4. The number of likely N-dealkylation sites (tertiary alicyclic amines) is 1.